The Morgan fingerprint density at radius 3 is 2.80 bits per heavy atom. The molecule has 1 heterocycles. The molecule has 1 saturated heterocycles. The first kappa shape index (κ1) is 8.02. The molecular formula is C8H16O2. The predicted molar refractivity (Wildman–Crippen MR) is 40.0 cm³/mol. The minimum absolute atomic E-state index is 0.362. The van der Waals surface area contributed by atoms with Gasteiger partial charge in [-0.3, -0.25) is 0 Å². The van der Waals surface area contributed by atoms with Gasteiger partial charge in [-0.1, -0.05) is 6.92 Å². The molecule has 1 aliphatic heterocycles. The molecule has 2 nitrogen and oxygen atoms in total. The Hall–Kier alpha value is -0.0800. The maximum atomic E-state index is 5.51. The highest BCUT2D eigenvalue weighted by Crippen LogP contribution is 2.17. The van der Waals surface area contributed by atoms with Crippen LogP contribution in [0.25, 0.3) is 0 Å². The van der Waals surface area contributed by atoms with E-state index in [2.05, 4.69) is 6.92 Å². The van der Waals surface area contributed by atoms with E-state index in [0.29, 0.717) is 6.10 Å². The highest BCUT2D eigenvalue weighted by molar-refractivity contribution is 4.66. The van der Waals surface area contributed by atoms with Crippen LogP contribution in [0, 0.1) is 5.92 Å². The summed E-state index contributed by atoms with van der Waals surface area (Å²) in [4.78, 5) is 0. The first-order chi connectivity index (χ1) is 4.83. The maximum Gasteiger partial charge on any atom is 0.0808 e. The van der Waals surface area contributed by atoms with Gasteiger partial charge in [-0.15, -0.1) is 0 Å². The van der Waals surface area contributed by atoms with Gasteiger partial charge in [-0.05, 0) is 18.8 Å². The van der Waals surface area contributed by atoms with Crippen molar-refractivity contribution in [3.8, 4) is 0 Å². The molecule has 0 radical (unpaired) electrons. The molecule has 2 heteroatoms. The van der Waals surface area contributed by atoms with Gasteiger partial charge in [-0.2, -0.15) is 0 Å². The van der Waals surface area contributed by atoms with Gasteiger partial charge in [-0.25, -0.2) is 0 Å². The first-order valence-electron chi connectivity index (χ1n) is 3.93. The third kappa shape index (κ3) is 2.27. The molecule has 0 amide bonds. The lowest BCUT2D eigenvalue weighted by molar-refractivity contribution is -0.0482. The number of rotatable bonds is 2. The Kier molecular flexibility index (Phi) is 3.16. The molecule has 1 rings (SSSR count). The van der Waals surface area contributed by atoms with Crippen LogP contribution in [0.3, 0.4) is 0 Å². The second-order valence-electron chi connectivity index (χ2n) is 3.09. The summed E-state index contributed by atoms with van der Waals surface area (Å²) < 4.78 is 10.5. The normalized spacial score (nSPS) is 34.2. The molecule has 0 aromatic heterocycles. The van der Waals surface area contributed by atoms with E-state index in [1.807, 2.05) is 0 Å². The van der Waals surface area contributed by atoms with Gasteiger partial charge >= 0.3 is 0 Å². The van der Waals surface area contributed by atoms with E-state index in [4.69, 9.17) is 9.47 Å². The summed E-state index contributed by atoms with van der Waals surface area (Å²) in [6, 6.07) is 0. The number of methoxy groups -OCH3 is 1. The molecule has 0 unspecified atom stereocenters. The van der Waals surface area contributed by atoms with Gasteiger partial charge in [0.2, 0.25) is 0 Å². The Bertz CT molecular complexity index is 85.3. The van der Waals surface area contributed by atoms with Crippen LogP contribution < -0.4 is 0 Å². The second kappa shape index (κ2) is 3.94. The SMILES string of the molecule is COC[C@@H]1CC[C@H](C)CO1. The fourth-order valence-electron chi connectivity index (χ4n) is 1.25. The van der Waals surface area contributed by atoms with Crippen molar-refractivity contribution in [3.05, 3.63) is 0 Å². The van der Waals surface area contributed by atoms with Crippen LogP contribution in [0.1, 0.15) is 19.8 Å². The number of ether oxygens (including phenoxy) is 2. The third-order valence-corrected chi connectivity index (χ3v) is 1.95. The highest BCUT2D eigenvalue weighted by Gasteiger charge is 2.17. The summed E-state index contributed by atoms with van der Waals surface area (Å²) in [5.41, 5.74) is 0. The van der Waals surface area contributed by atoms with Crippen LogP contribution in [-0.4, -0.2) is 26.4 Å². The average Bonchev–Trinajstić information content (AvgIpc) is 1.95. The number of hydrogen-bond acceptors (Lipinski definition) is 2. The molecular weight excluding hydrogens is 128 g/mol. The summed E-state index contributed by atoms with van der Waals surface area (Å²) in [5.74, 6) is 0.744. The molecule has 0 bridgehead atoms. The molecule has 2 atom stereocenters. The van der Waals surface area contributed by atoms with Gasteiger partial charge in [0.25, 0.3) is 0 Å². The Morgan fingerprint density at radius 1 is 1.50 bits per heavy atom. The Balaban J connectivity index is 2.13. The van der Waals surface area contributed by atoms with Crippen molar-refractivity contribution < 1.29 is 9.47 Å². The maximum absolute atomic E-state index is 5.51. The average molecular weight is 144 g/mol. The van der Waals surface area contributed by atoms with Crippen molar-refractivity contribution in [3.63, 3.8) is 0 Å². The number of hydrogen-bond donors (Lipinski definition) is 0. The van der Waals surface area contributed by atoms with Crippen LogP contribution >= 0.6 is 0 Å². The summed E-state index contributed by atoms with van der Waals surface area (Å²) in [5, 5.41) is 0. The smallest absolute Gasteiger partial charge is 0.0808 e. The summed E-state index contributed by atoms with van der Waals surface area (Å²) >= 11 is 0. The van der Waals surface area contributed by atoms with E-state index >= 15 is 0 Å². The van der Waals surface area contributed by atoms with E-state index < -0.39 is 0 Å². The molecule has 0 aromatic carbocycles. The van der Waals surface area contributed by atoms with E-state index in [9.17, 15) is 0 Å². The van der Waals surface area contributed by atoms with Gasteiger partial charge < -0.3 is 9.47 Å². The lowest BCUT2D eigenvalue weighted by Crippen LogP contribution is -2.27. The third-order valence-electron chi connectivity index (χ3n) is 1.95. The van der Waals surface area contributed by atoms with E-state index in [-0.39, 0.29) is 0 Å². The molecule has 0 spiro atoms. The van der Waals surface area contributed by atoms with Gasteiger partial charge in [0, 0.05) is 13.7 Å². The molecule has 0 aromatic rings. The van der Waals surface area contributed by atoms with Crippen molar-refractivity contribution >= 4 is 0 Å². The molecule has 60 valence electrons. The van der Waals surface area contributed by atoms with E-state index in [0.717, 1.165) is 25.6 Å². The molecule has 1 fully saturated rings. The van der Waals surface area contributed by atoms with Crippen molar-refractivity contribution in [2.24, 2.45) is 5.92 Å². The van der Waals surface area contributed by atoms with Crippen molar-refractivity contribution in [2.45, 2.75) is 25.9 Å². The van der Waals surface area contributed by atoms with Gasteiger partial charge in [0.05, 0.1) is 12.7 Å². The summed E-state index contributed by atoms with van der Waals surface area (Å²) in [6.07, 6.45) is 2.81. The zero-order valence-electron chi connectivity index (χ0n) is 6.80. The summed E-state index contributed by atoms with van der Waals surface area (Å²) in [7, 11) is 1.72. The topological polar surface area (TPSA) is 18.5 Å². The minimum Gasteiger partial charge on any atom is -0.382 e. The lowest BCUT2D eigenvalue weighted by Gasteiger charge is -2.26. The van der Waals surface area contributed by atoms with Crippen molar-refractivity contribution in [1.82, 2.24) is 0 Å². The fourth-order valence-corrected chi connectivity index (χ4v) is 1.25. The molecule has 0 N–H and O–H groups in total. The zero-order chi connectivity index (χ0) is 7.40. The van der Waals surface area contributed by atoms with E-state index in [1.54, 1.807) is 7.11 Å². The Labute approximate surface area is 62.5 Å². The quantitative estimate of drug-likeness (QED) is 0.584. The van der Waals surface area contributed by atoms with Crippen LogP contribution in [-0.2, 0) is 9.47 Å². The van der Waals surface area contributed by atoms with Crippen LogP contribution in [0.2, 0.25) is 0 Å². The minimum atomic E-state index is 0.362. The molecule has 0 aliphatic carbocycles. The Morgan fingerprint density at radius 2 is 2.30 bits per heavy atom. The largest absolute Gasteiger partial charge is 0.382 e. The highest BCUT2D eigenvalue weighted by atomic mass is 16.5. The molecule has 10 heavy (non-hydrogen) atoms. The standard InChI is InChI=1S/C8H16O2/c1-7-3-4-8(6-9-2)10-5-7/h7-8H,3-6H2,1-2H3/t7-,8-/m0/s1. The first-order valence-corrected chi connectivity index (χ1v) is 3.93. The monoisotopic (exact) mass is 144 g/mol. The van der Waals surface area contributed by atoms with E-state index in [1.165, 1.54) is 6.42 Å². The van der Waals surface area contributed by atoms with Crippen molar-refractivity contribution in [1.29, 1.82) is 0 Å². The lowest BCUT2D eigenvalue weighted by atomic mass is 10.0. The molecule has 0 saturated carbocycles. The fraction of sp³-hybridized carbons (Fsp3) is 1.00. The molecule has 1 aliphatic rings. The predicted octanol–water partition coefficient (Wildman–Crippen LogP) is 1.45. The van der Waals surface area contributed by atoms with Crippen LogP contribution in [0.4, 0.5) is 0 Å². The van der Waals surface area contributed by atoms with Gasteiger partial charge in [0.15, 0.2) is 0 Å². The zero-order valence-corrected chi connectivity index (χ0v) is 6.80. The van der Waals surface area contributed by atoms with Crippen LogP contribution in [0.5, 0.6) is 0 Å². The van der Waals surface area contributed by atoms with Gasteiger partial charge in [0.1, 0.15) is 0 Å². The van der Waals surface area contributed by atoms with Crippen LogP contribution in [0.15, 0.2) is 0 Å². The summed E-state index contributed by atoms with van der Waals surface area (Å²) in [6.45, 7) is 3.89. The second-order valence-corrected chi connectivity index (χ2v) is 3.09. The van der Waals surface area contributed by atoms with Crippen molar-refractivity contribution in [2.75, 3.05) is 20.3 Å².